The van der Waals surface area contributed by atoms with Crippen molar-refractivity contribution in [2.45, 2.75) is 33.6 Å². The van der Waals surface area contributed by atoms with Gasteiger partial charge in [-0.25, -0.2) is 0 Å². The molecule has 0 spiro atoms. The van der Waals surface area contributed by atoms with Crippen LogP contribution in [0.5, 0.6) is 5.75 Å². The van der Waals surface area contributed by atoms with E-state index in [9.17, 15) is 19.7 Å². The second kappa shape index (κ2) is 11.8. The van der Waals surface area contributed by atoms with Crippen molar-refractivity contribution in [3.63, 3.8) is 0 Å². The molecule has 0 aliphatic carbocycles. The lowest BCUT2D eigenvalue weighted by molar-refractivity contribution is -0.757. The number of fused-ring (bicyclic) bond motifs is 1. The molecule has 9 nitrogen and oxygen atoms in total. The quantitative estimate of drug-likeness (QED) is 0.286. The first-order chi connectivity index (χ1) is 13.0. The topological polar surface area (TPSA) is 111 Å². The molecule has 150 valence electrons. The zero-order valence-corrected chi connectivity index (χ0v) is 16.0. The monoisotopic (exact) mass is 381 g/mol. The van der Waals surface area contributed by atoms with Crippen LogP contribution >= 0.6 is 0 Å². The number of rotatable bonds is 10. The van der Waals surface area contributed by atoms with E-state index in [1.54, 1.807) is 25.1 Å². The summed E-state index contributed by atoms with van der Waals surface area (Å²) < 4.78 is 5.39. The summed E-state index contributed by atoms with van der Waals surface area (Å²) in [6.07, 6.45) is 0.815. The Morgan fingerprint density at radius 2 is 1.81 bits per heavy atom. The Labute approximate surface area is 158 Å². The highest BCUT2D eigenvalue weighted by Crippen LogP contribution is 2.31. The molecule has 0 bridgehead atoms. The second-order valence-corrected chi connectivity index (χ2v) is 5.59. The van der Waals surface area contributed by atoms with Crippen molar-refractivity contribution in [3.05, 3.63) is 39.4 Å². The molecule has 1 heterocycles. The van der Waals surface area contributed by atoms with Gasteiger partial charge < -0.3 is 14.9 Å². The number of carbonyl (C=O) groups excluding carboxylic acids is 2. The molecule has 1 aliphatic rings. The van der Waals surface area contributed by atoms with E-state index in [4.69, 9.17) is 4.74 Å². The van der Waals surface area contributed by atoms with Crippen molar-refractivity contribution in [3.8, 4) is 5.75 Å². The Balaban J connectivity index is 0.000000646. The first-order valence-corrected chi connectivity index (χ1v) is 9.07. The van der Waals surface area contributed by atoms with Crippen LogP contribution < -0.4 is 10.1 Å². The molecule has 2 rings (SSSR count). The van der Waals surface area contributed by atoms with Gasteiger partial charge in [-0.15, -0.1) is 10.1 Å². The third-order valence-corrected chi connectivity index (χ3v) is 3.73. The molecule has 1 aromatic rings. The van der Waals surface area contributed by atoms with Crippen molar-refractivity contribution in [2.75, 3.05) is 32.8 Å². The molecular formula is C18H27N3O6. The second-order valence-electron chi connectivity index (χ2n) is 5.59. The largest absolute Gasteiger partial charge is 0.493 e. The van der Waals surface area contributed by atoms with Gasteiger partial charge in [0, 0.05) is 6.54 Å². The number of nitrogens with one attached hydrogen (secondary N) is 1. The van der Waals surface area contributed by atoms with Crippen LogP contribution in [0.4, 0.5) is 0 Å². The number of benzene rings is 1. The Bertz CT molecular complexity index is 648. The summed E-state index contributed by atoms with van der Waals surface area (Å²) >= 11 is 0. The van der Waals surface area contributed by atoms with E-state index in [-0.39, 0.29) is 30.5 Å². The summed E-state index contributed by atoms with van der Waals surface area (Å²) in [4.78, 5) is 40.0. The fourth-order valence-corrected chi connectivity index (χ4v) is 2.54. The molecule has 0 atom stereocenters. The Morgan fingerprint density at radius 3 is 2.37 bits per heavy atom. The molecule has 0 saturated heterocycles. The van der Waals surface area contributed by atoms with E-state index in [0.717, 1.165) is 18.0 Å². The Kier molecular flexibility index (Phi) is 9.81. The molecule has 1 aromatic carbocycles. The number of unbranched alkanes of at least 4 members (excludes halogenated alkanes) is 1. The molecular weight excluding hydrogens is 354 g/mol. The van der Waals surface area contributed by atoms with E-state index in [1.165, 1.54) is 0 Å². The van der Waals surface area contributed by atoms with Gasteiger partial charge in [0.1, 0.15) is 5.75 Å². The van der Waals surface area contributed by atoms with Crippen LogP contribution in [0.3, 0.4) is 0 Å². The zero-order valence-electron chi connectivity index (χ0n) is 16.0. The van der Waals surface area contributed by atoms with Gasteiger partial charge >= 0.3 is 0 Å². The highest BCUT2D eigenvalue weighted by atomic mass is 16.9. The number of ether oxygens (including phenoxy) is 1. The number of hydrogen-bond donors (Lipinski definition) is 1. The van der Waals surface area contributed by atoms with Gasteiger partial charge in [0.05, 0.1) is 24.3 Å². The van der Waals surface area contributed by atoms with E-state index in [0.29, 0.717) is 30.8 Å². The van der Waals surface area contributed by atoms with E-state index in [1.807, 2.05) is 0 Å². The number of hydrogen-bond acceptors (Lipinski definition) is 7. The highest BCUT2D eigenvalue weighted by molar-refractivity contribution is 6.22. The van der Waals surface area contributed by atoms with Gasteiger partial charge in [0.2, 0.25) is 0 Å². The van der Waals surface area contributed by atoms with Crippen molar-refractivity contribution < 1.29 is 24.3 Å². The fraction of sp³-hybridized carbons (Fsp3) is 0.556. The number of imide groups is 1. The standard InChI is InChI=1S/C14H16N2O6.C4H11N/c1-2-21-11-7-5-6-10-12(11)14(18)15(13(10)17)8-3-4-9-22-16(19)20;1-3-5-4-2/h5-7H,2-4,8-9H2,1H3;5H,3-4H2,1-2H3. The first kappa shape index (κ1) is 22.4. The van der Waals surface area contributed by atoms with Crippen LogP contribution in [-0.4, -0.2) is 54.6 Å². The highest BCUT2D eigenvalue weighted by Gasteiger charge is 2.37. The maximum absolute atomic E-state index is 12.4. The fourth-order valence-electron chi connectivity index (χ4n) is 2.54. The number of carbonyl (C=O) groups is 2. The van der Waals surface area contributed by atoms with Gasteiger partial charge in [-0.05, 0) is 45.0 Å². The van der Waals surface area contributed by atoms with Crippen molar-refractivity contribution >= 4 is 11.8 Å². The lowest BCUT2D eigenvalue weighted by atomic mass is 10.1. The van der Waals surface area contributed by atoms with Crippen molar-refractivity contribution in [1.82, 2.24) is 10.2 Å². The molecule has 0 radical (unpaired) electrons. The predicted octanol–water partition coefficient (Wildman–Crippen LogP) is 2.29. The average molecular weight is 381 g/mol. The molecule has 0 unspecified atom stereocenters. The minimum absolute atomic E-state index is 0.0552. The molecule has 0 fully saturated rings. The molecule has 0 saturated carbocycles. The summed E-state index contributed by atoms with van der Waals surface area (Å²) in [5.74, 6) is -0.353. The molecule has 9 heteroatoms. The minimum Gasteiger partial charge on any atom is -0.493 e. The third-order valence-electron chi connectivity index (χ3n) is 3.73. The zero-order chi connectivity index (χ0) is 20.2. The van der Waals surface area contributed by atoms with Gasteiger partial charge in [0.15, 0.2) is 0 Å². The summed E-state index contributed by atoms with van der Waals surface area (Å²) in [6.45, 7) is 8.73. The maximum atomic E-state index is 12.4. The maximum Gasteiger partial charge on any atom is 0.294 e. The molecule has 0 aromatic heterocycles. The molecule has 27 heavy (non-hydrogen) atoms. The van der Waals surface area contributed by atoms with Crippen LogP contribution in [0, 0.1) is 10.1 Å². The first-order valence-electron chi connectivity index (χ1n) is 9.07. The summed E-state index contributed by atoms with van der Waals surface area (Å²) in [5, 5.41) is 12.3. The van der Waals surface area contributed by atoms with Crippen LogP contribution in [0.1, 0.15) is 54.3 Å². The lowest BCUT2D eigenvalue weighted by Crippen LogP contribution is -2.31. The normalized spacial score (nSPS) is 12.3. The Hall–Kier alpha value is -2.68. The smallest absolute Gasteiger partial charge is 0.294 e. The van der Waals surface area contributed by atoms with Crippen molar-refractivity contribution in [2.24, 2.45) is 0 Å². The minimum atomic E-state index is -0.865. The number of amides is 2. The SMILES string of the molecule is CCNCC.CCOc1cccc2c1C(=O)N(CCCCO[N+](=O)[O-])C2=O. The van der Waals surface area contributed by atoms with Crippen molar-refractivity contribution in [1.29, 1.82) is 0 Å². The van der Waals surface area contributed by atoms with Gasteiger partial charge in [-0.1, -0.05) is 19.9 Å². The predicted molar refractivity (Wildman–Crippen MR) is 99.4 cm³/mol. The third kappa shape index (κ3) is 6.52. The number of nitrogens with zero attached hydrogens (tertiary/aromatic N) is 2. The summed E-state index contributed by atoms with van der Waals surface area (Å²) in [5.41, 5.74) is 0.619. The average Bonchev–Trinajstić information content (AvgIpc) is 2.88. The van der Waals surface area contributed by atoms with E-state index >= 15 is 0 Å². The molecule has 2 amide bonds. The van der Waals surface area contributed by atoms with Crippen LogP contribution in [0.2, 0.25) is 0 Å². The van der Waals surface area contributed by atoms with Gasteiger partial charge in [-0.3, -0.25) is 14.5 Å². The van der Waals surface area contributed by atoms with E-state index < -0.39 is 5.09 Å². The van der Waals surface area contributed by atoms with Crippen LogP contribution in [-0.2, 0) is 4.84 Å². The van der Waals surface area contributed by atoms with Crippen LogP contribution in [0.25, 0.3) is 0 Å². The van der Waals surface area contributed by atoms with Gasteiger partial charge in [0.25, 0.3) is 16.9 Å². The summed E-state index contributed by atoms with van der Waals surface area (Å²) in [7, 11) is 0. The molecule has 1 aliphatic heterocycles. The van der Waals surface area contributed by atoms with Gasteiger partial charge in [-0.2, -0.15) is 0 Å². The lowest BCUT2D eigenvalue weighted by Gasteiger charge is -2.13. The Morgan fingerprint density at radius 1 is 1.11 bits per heavy atom. The summed E-state index contributed by atoms with van der Waals surface area (Å²) in [6, 6.07) is 4.92. The molecule has 1 N–H and O–H groups in total. The van der Waals surface area contributed by atoms with E-state index in [2.05, 4.69) is 24.0 Å². The van der Waals surface area contributed by atoms with Crippen LogP contribution in [0.15, 0.2) is 18.2 Å².